The van der Waals surface area contributed by atoms with Gasteiger partial charge >= 0.3 is 0 Å². The normalized spacial score (nSPS) is 19.4. The van der Waals surface area contributed by atoms with Gasteiger partial charge in [-0.3, -0.25) is 14.5 Å². The van der Waals surface area contributed by atoms with Gasteiger partial charge in [-0.15, -0.1) is 0 Å². The molecule has 1 aromatic carbocycles. The molecule has 1 saturated heterocycles. The van der Waals surface area contributed by atoms with Gasteiger partial charge in [0, 0.05) is 18.7 Å². The Morgan fingerprint density at radius 3 is 2.37 bits per heavy atom. The van der Waals surface area contributed by atoms with Gasteiger partial charge in [0.1, 0.15) is 4.32 Å². The fourth-order valence-corrected chi connectivity index (χ4v) is 4.94. The molecule has 6 heteroatoms. The summed E-state index contributed by atoms with van der Waals surface area (Å²) in [7, 11) is 0. The predicted molar refractivity (Wildman–Crippen MR) is 117 cm³/mol. The van der Waals surface area contributed by atoms with E-state index in [1.165, 1.54) is 31.0 Å². The summed E-state index contributed by atoms with van der Waals surface area (Å²) in [6, 6.07) is 7.77. The number of amides is 2. The first-order chi connectivity index (χ1) is 13.1. The number of thiocarbonyl (C=S) groups is 1. The third-order valence-electron chi connectivity index (χ3n) is 4.93. The second-order valence-corrected chi connectivity index (χ2v) is 8.56. The average molecular weight is 403 g/mol. The van der Waals surface area contributed by atoms with Gasteiger partial charge in [-0.2, -0.15) is 0 Å². The number of carbonyl (C=O) groups excluding carboxylic acids is 2. The molecule has 0 aliphatic carbocycles. The van der Waals surface area contributed by atoms with Crippen molar-refractivity contribution >= 4 is 51.4 Å². The summed E-state index contributed by atoms with van der Waals surface area (Å²) in [4.78, 5) is 30.0. The van der Waals surface area contributed by atoms with Crippen LogP contribution in [0, 0.1) is 0 Å². The van der Waals surface area contributed by atoms with Crippen molar-refractivity contribution in [2.24, 2.45) is 0 Å². The van der Waals surface area contributed by atoms with E-state index >= 15 is 0 Å². The van der Waals surface area contributed by atoms with E-state index in [-0.39, 0.29) is 11.8 Å². The second kappa shape index (κ2) is 9.02. The lowest BCUT2D eigenvalue weighted by atomic mass is 10.1. The maximum atomic E-state index is 13.2. The van der Waals surface area contributed by atoms with Crippen LogP contribution in [-0.2, 0) is 9.59 Å². The zero-order chi connectivity index (χ0) is 19.4. The van der Waals surface area contributed by atoms with E-state index in [9.17, 15) is 9.59 Å². The molecule has 27 heavy (non-hydrogen) atoms. The highest BCUT2D eigenvalue weighted by Gasteiger charge is 2.41. The highest BCUT2D eigenvalue weighted by atomic mass is 32.2. The summed E-state index contributed by atoms with van der Waals surface area (Å²) in [5.74, 6) is -0.196. The van der Waals surface area contributed by atoms with Gasteiger partial charge in [0.2, 0.25) is 0 Å². The number of anilines is 1. The minimum atomic E-state index is -0.130. The number of carbonyl (C=O) groups is 2. The zero-order valence-electron chi connectivity index (χ0n) is 16.0. The molecule has 0 bridgehead atoms. The first kappa shape index (κ1) is 20.1. The number of nitrogens with zero attached hydrogens (tertiary/aromatic N) is 2. The molecule has 2 amide bonds. The number of rotatable bonds is 8. The van der Waals surface area contributed by atoms with Crippen molar-refractivity contribution in [3.63, 3.8) is 0 Å². The summed E-state index contributed by atoms with van der Waals surface area (Å²) >= 11 is 6.64. The molecule has 4 nitrogen and oxygen atoms in total. The molecule has 0 atom stereocenters. The topological polar surface area (TPSA) is 40.6 Å². The van der Waals surface area contributed by atoms with Crippen LogP contribution in [-0.4, -0.2) is 34.1 Å². The molecular weight excluding hydrogens is 376 g/mol. The minimum absolute atomic E-state index is 0.0660. The Labute approximate surface area is 171 Å². The highest BCUT2D eigenvalue weighted by molar-refractivity contribution is 8.26. The van der Waals surface area contributed by atoms with E-state index < -0.39 is 0 Å². The monoisotopic (exact) mass is 402 g/mol. The van der Waals surface area contributed by atoms with Gasteiger partial charge in [0.25, 0.3) is 11.8 Å². The summed E-state index contributed by atoms with van der Waals surface area (Å²) in [5.41, 5.74) is 2.29. The predicted octanol–water partition coefficient (Wildman–Crippen LogP) is 4.99. The number of para-hydroxylation sites is 1. The number of thioether (sulfide) groups is 1. The molecule has 1 fully saturated rings. The van der Waals surface area contributed by atoms with E-state index in [1.807, 2.05) is 36.1 Å². The first-order valence-corrected chi connectivity index (χ1v) is 11.0. The largest absolute Gasteiger partial charge is 0.308 e. The SMILES string of the molecule is CCCCCCCN1C(=O)C(=C2SC(=S)N(CCC)C2=O)c2ccccc21. The molecule has 2 aliphatic heterocycles. The molecule has 1 aromatic rings. The van der Waals surface area contributed by atoms with Crippen molar-refractivity contribution in [2.45, 2.75) is 52.4 Å². The Bertz CT molecular complexity index is 788. The molecule has 2 heterocycles. The van der Waals surface area contributed by atoms with Crippen LogP contribution in [0.3, 0.4) is 0 Å². The van der Waals surface area contributed by atoms with E-state index in [4.69, 9.17) is 12.2 Å². The van der Waals surface area contributed by atoms with Gasteiger partial charge in [0.15, 0.2) is 0 Å². The highest BCUT2D eigenvalue weighted by Crippen LogP contribution is 2.44. The minimum Gasteiger partial charge on any atom is -0.308 e. The van der Waals surface area contributed by atoms with Gasteiger partial charge in [0.05, 0.1) is 16.2 Å². The number of hydrogen-bond donors (Lipinski definition) is 0. The van der Waals surface area contributed by atoms with Crippen LogP contribution >= 0.6 is 24.0 Å². The van der Waals surface area contributed by atoms with Gasteiger partial charge in [-0.05, 0) is 18.9 Å². The van der Waals surface area contributed by atoms with Crippen LogP contribution in [0.2, 0.25) is 0 Å². The summed E-state index contributed by atoms with van der Waals surface area (Å²) in [5, 5.41) is 0. The molecule has 0 radical (unpaired) electrons. The summed E-state index contributed by atoms with van der Waals surface area (Å²) in [6.07, 6.45) is 6.56. The van der Waals surface area contributed by atoms with Crippen molar-refractivity contribution in [3.05, 3.63) is 34.7 Å². The molecular formula is C21H26N2O2S2. The number of benzene rings is 1. The van der Waals surface area contributed by atoms with Crippen molar-refractivity contribution in [2.75, 3.05) is 18.0 Å². The molecule has 3 rings (SSSR count). The van der Waals surface area contributed by atoms with Crippen LogP contribution in [0.5, 0.6) is 0 Å². The number of hydrogen-bond acceptors (Lipinski definition) is 4. The summed E-state index contributed by atoms with van der Waals surface area (Å²) in [6.45, 7) is 5.50. The zero-order valence-corrected chi connectivity index (χ0v) is 17.6. The van der Waals surface area contributed by atoms with Crippen molar-refractivity contribution in [3.8, 4) is 0 Å². The van der Waals surface area contributed by atoms with E-state index in [0.29, 0.717) is 27.9 Å². The molecule has 2 aliphatic rings. The van der Waals surface area contributed by atoms with Crippen molar-refractivity contribution in [1.82, 2.24) is 4.90 Å². The molecule has 0 aromatic heterocycles. The van der Waals surface area contributed by atoms with Crippen LogP contribution < -0.4 is 4.90 Å². The Balaban J connectivity index is 1.88. The molecule has 0 spiro atoms. The van der Waals surface area contributed by atoms with Crippen molar-refractivity contribution < 1.29 is 9.59 Å². The lowest BCUT2D eigenvalue weighted by Crippen LogP contribution is -2.30. The molecule has 144 valence electrons. The van der Waals surface area contributed by atoms with Gasteiger partial charge < -0.3 is 4.90 Å². The fraction of sp³-hybridized carbons (Fsp3) is 0.476. The maximum Gasteiger partial charge on any atom is 0.267 e. The van der Waals surface area contributed by atoms with Gasteiger partial charge in [-0.1, -0.05) is 81.7 Å². The summed E-state index contributed by atoms with van der Waals surface area (Å²) < 4.78 is 0.549. The smallest absolute Gasteiger partial charge is 0.267 e. The second-order valence-electron chi connectivity index (χ2n) is 6.92. The van der Waals surface area contributed by atoms with E-state index in [1.54, 1.807) is 4.90 Å². The van der Waals surface area contributed by atoms with E-state index in [0.717, 1.165) is 30.5 Å². The Hall–Kier alpha value is -1.66. The Morgan fingerprint density at radius 2 is 1.63 bits per heavy atom. The van der Waals surface area contributed by atoms with Crippen LogP contribution in [0.25, 0.3) is 5.57 Å². The first-order valence-electron chi connectivity index (χ1n) is 9.79. The lowest BCUT2D eigenvalue weighted by Gasteiger charge is -2.17. The average Bonchev–Trinajstić information content (AvgIpc) is 3.09. The van der Waals surface area contributed by atoms with Crippen molar-refractivity contribution in [1.29, 1.82) is 0 Å². The van der Waals surface area contributed by atoms with E-state index in [2.05, 4.69) is 6.92 Å². The standard InChI is InChI=1S/C21H26N2O2S2/c1-3-5-6-7-10-14-22-16-12-9-8-11-15(16)17(19(22)24)18-20(25)23(13-4-2)21(26)27-18/h8-9,11-12H,3-7,10,13-14H2,1-2H3. The molecule has 0 N–H and O–H groups in total. The fourth-order valence-electron chi connectivity index (χ4n) is 3.56. The maximum absolute atomic E-state index is 13.2. The van der Waals surface area contributed by atoms with Crippen LogP contribution in [0.15, 0.2) is 29.2 Å². The third kappa shape index (κ3) is 3.97. The number of fused-ring (bicyclic) bond motifs is 1. The third-order valence-corrected chi connectivity index (χ3v) is 6.38. The molecule has 0 saturated carbocycles. The van der Waals surface area contributed by atoms with Gasteiger partial charge in [-0.25, -0.2) is 0 Å². The Morgan fingerprint density at radius 1 is 0.889 bits per heavy atom. The van der Waals surface area contributed by atoms with Crippen LogP contribution in [0.4, 0.5) is 5.69 Å². The Kier molecular flexibility index (Phi) is 6.71. The molecule has 0 unspecified atom stereocenters. The van der Waals surface area contributed by atoms with Crippen LogP contribution in [0.1, 0.15) is 57.9 Å². The quantitative estimate of drug-likeness (QED) is 0.349. The lowest BCUT2D eigenvalue weighted by molar-refractivity contribution is -0.122. The number of unbranched alkanes of at least 4 members (excludes halogenated alkanes) is 4.